The Labute approximate surface area is 483 Å². The fraction of sp³-hybridized carbons (Fsp3) is 0.0323. The van der Waals surface area contributed by atoms with Crippen LogP contribution < -0.4 is 26.5 Å². The van der Waals surface area contributed by atoms with Crippen molar-refractivity contribution < 1.29 is 104 Å². The van der Waals surface area contributed by atoms with E-state index in [1.54, 1.807) is 19.1 Å². The largest absolute Gasteiger partial charge is 0.508 e. The van der Waals surface area contributed by atoms with E-state index in [1.165, 1.54) is 104 Å². The smallest absolute Gasteiger partial charge is 0.238 e. The Bertz CT molecular complexity index is 4970. The molecular formula is C62H44O25. The molecule has 4 heterocycles. The molecule has 4 aromatic heterocycles. The third kappa shape index (κ3) is 11.7. The lowest BCUT2D eigenvalue weighted by molar-refractivity contribution is 0.368. The molecule has 25 nitrogen and oxygen atoms in total. The van der Waals surface area contributed by atoms with Gasteiger partial charge in [-0.25, -0.2) is 0 Å². The minimum atomic E-state index is -0.842. The molecule has 0 aliphatic rings. The first-order chi connectivity index (χ1) is 41.2. The zero-order valence-electron chi connectivity index (χ0n) is 44.5. The third-order valence-electron chi connectivity index (χ3n) is 12.9. The van der Waals surface area contributed by atoms with Crippen LogP contribution in [0.2, 0.25) is 0 Å². The number of fused-ring (bicyclic) bond motifs is 4. The van der Waals surface area contributed by atoms with Crippen molar-refractivity contribution in [2.45, 2.75) is 6.92 Å². The maximum atomic E-state index is 12.2. The average molecular weight is 1190 g/mol. The van der Waals surface area contributed by atoms with Crippen molar-refractivity contribution in [1.29, 1.82) is 0 Å². The average Bonchev–Trinajstić information content (AvgIpc) is 1.26. The summed E-state index contributed by atoms with van der Waals surface area (Å²) in [6.45, 7) is 1.70. The molecule has 0 atom stereocenters. The number of aromatic hydroxyl groups is 16. The topological polar surface area (TPSA) is 454 Å². The van der Waals surface area contributed by atoms with E-state index < -0.39 is 68.0 Å². The highest BCUT2D eigenvalue weighted by Gasteiger charge is 2.23. The van der Waals surface area contributed by atoms with E-state index in [1.807, 2.05) is 0 Å². The van der Waals surface area contributed by atoms with Crippen LogP contribution in [0.3, 0.4) is 0 Å². The van der Waals surface area contributed by atoms with Gasteiger partial charge in [0.15, 0.2) is 63.0 Å². The van der Waals surface area contributed by atoms with Gasteiger partial charge in [-0.15, -0.1) is 0 Å². The fourth-order valence-corrected chi connectivity index (χ4v) is 8.58. The normalized spacial score (nSPS) is 10.9. The molecule has 0 fully saturated rings. The Morgan fingerprint density at radius 2 is 0.759 bits per heavy atom. The number of hydrogen-bond donors (Lipinski definition) is 16. The van der Waals surface area contributed by atoms with Crippen LogP contribution in [-0.4, -0.2) is 88.8 Å². The molecule has 0 aliphatic carbocycles. The van der Waals surface area contributed by atoms with Crippen LogP contribution >= 0.6 is 0 Å². The molecule has 16 N–H and O–H groups in total. The molecule has 0 saturated carbocycles. The van der Waals surface area contributed by atoms with Crippen LogP contribution in [0.1, 0.15) is 5.56 Å². The Kier molecular flexibility index (Phi) is 15.7. The summed E-state index contributed by atoms with van der Waals surface area (Å²) in [5, 5.41) is 154. The zero-order chi connectivity index (χ0) is 63.0. The summed E-state index contributed by atoms with van der Waals surface area (Å²) in [7, 11) is 1.35. The van der Waals surface area contributed by atoms with Crippen LogP contribution in [-0.2, 0) is 0 Å². The van der Waals surface area contributed by atoms with Crippen molar-refractivity contribution in [1.82, 2.24) is 0 Å². The number of aryl methyl sites for hydroxylation is 1. The quantitative estimate of drug-likeness (QED) is 0.0713. The van der Waals surface area contributed by atoms with Crippen LogP contribution in [0.4, 0.5) is 0 Å². The Morgan fingerprint density at radius 3 is 1.26 bits per heavy atom. The van der Waals surface area contributed by atoms with Crippen LogP contribution in [0.25, 0.3) is 89.2 Å². The van der Waals surface area contributed by atoms with Gasteiger partial charge in [-0.2, -0.15) is 0 Å². The van der Waals surface area contributed by atoms with E-state index in [4.69, 9.17) is 22.4 Å². The second-order valence-electron chi connectivity index (χ2n) is 18.8. The van der Waals surface area contributed by atoms with Crippen molar-refractivity contribution in [2.75, 3.05) is 7.11 Å². The van der Waals surface area contributed by atoms with Gasteiger partial charge in [0.2, 0.25) is 33.5 Å². The molecule has 25 heteroatoms. The second kappa shape index (κ2) is 23.2. The van der Waals surface area contributed by atoms with Crippen LogP contribution in [0, 0.1) is 6.92 Å². The SMILES string of the molecule is COc1cc(-c2oc3cc(O)cc(O)c3c(=O)c2O)ccc1O.Cc1ccc(-c2oc3cc(O)cc(O)c3c(=O)c2O)cc1O.O=c1c(O)c(-c2ccc(O)c(O)c2)oc2ccc(O)cc12.O=c1cc(-c2cc(O)c(O)c(O)c2)oc2ccc(O)cc12. The molecule has 0 spiro atoms. The first-order valence-corrected chi connectivity index (χ1v) is 24.9. The first-order valence-electron chi connectivity index (χ1n) is 24.9. The van der Waals surface area contributed by atoms with Gasteiger partial charge in [-0.3, -0.25) is 19.2 Å². The van der Waals surface area contributed by atoms with Crippen molar-refractivity contribution in [3.63, 3.8) is 0 Å². The lowest BCUT2D eigenvalue weighted by atomic mass is 10.1. The Morgan fingerprint density at radius 1 is 0.322 bits per heavy atom. The predicted octanol–water partition coefficient (Wildman–Crippen LogP) is 9.45. The number of rotatable bonds is 5. The van der Waals surface area contributed by atoms with E-state index in [0.29, 0.717) is 11.1 Å². The minimum absolute atomic E-state index is 0.0154. The van der Waals surface area contributed by atoms with Gasteiger partial charge in [0.25, 0.3) is 0 Å². The lowest BCUT2D eigenvalue weighted by Gasteiger charge is -2.09. The van der Waals surface area contributed by atoms with E-state index >= 15 is 0 Å². The van der Waals surface area contributed by atoms with Gasteiger partial charge in [-0.05, 0) is 103 Å². The number of ether oxygens (including phenoxy) is 1. The van der Waals surface area contributed by atoms with Gasteiger partial charge in [0, 0.05) is 52.6 Å². The molecule has 0 bridgehead atoms. The molecule has 0 unspecified atom stereocenters. The lowest BCUT2D eigenvalue weighted by Crippen LogP contribution is -2.03. The van der Waals surface area contributed by atoms with Crippen molar-refractivity contribution in [2.24, 2.45) is 0 Å². The summed E-state index contributed by atoms with van der Waals surface area (Å²) >= 11 is 0. The number of phenols is 13. The van der Waals surface area contributed by atoms with Gasteiger partial charge >= 0.3 is 0 Å². The van der Waals surface area contributed by atoms with E-state index in [2.05, 4.69) is 0 Å². The van der Waals surface area contributed by atoms with Crippen molar-refractivity contribution in [3.8, 4) is 143 Å². The van der Waals surface area contributed by atoms with Gasteiger partial charge in [0.1, 0.15) is 79.1 Å². The maximum Gasteiger partial charge on any atom is 0.238 e. The van der Waals surface area contributed by atoms with Gasteiger partial charge in [0.05, 0.1) is 17.9 Å². The summed E-state index contributed by atoms with van der Waals surface area (Å²) in [5.41, 5.74) is -0.820. The van der Waals surface area contributed by atoms with Crippen molar-refractivity contribution >= 4 is 43.9 Å². The Hall–Kier alpha value is -12.8. The van der Waals surface area contributed by atoms with E-state index in [-0.39, 0.29) is 135 Å². The molecule has 0 radical (unpaired) electrons. The van der Waals surface area contributed by atoms with Crippen LogP contribution in [0.5, 0.6) is 97.7 Å². The van der Waals surface area contributed by atoms with Gasteiger partial charge < -0.3 is 104 Å². The van der Waals surface area contributed by atoms with E-state index in [0.717, 1.165) is 24.3 Å². The number of phenolic OH excluding ortho intramolecular Hbond substituents is 13. The summed E-state index contributed by atoms with van der Waals surface area (Å²) in [5.74, 6) is -6.55. The molecule has 12 rings (SSSR count). The van der Waals surface area contributed by atoms with Crippen LogP contribution in [0.15, 0.2) is 170 Å². The summed E-state index contributed by atoms with van der Waals surface area (Å²) < 4.78 is 26.8. The highest BCUT2D eigenvalue weighted by molar-refractivity contribution is 5.90. The summed E-state index contributed by atoms with van der Waals surface area (Å²) in [6, 6.07) is 28.2. The zero-order valence-corrected chi connectivity index (χ0v) is 44.5. The monoisotopic (exact) mass is 1190 g/mol. The minimum Gasteiger partial charge on any atom is -0.508 e. The molecular weight excluding hydrogens is 1140 g/mol. The molecule has 0 saturated heterocycles. The molecule has 87 heavy (non-hydrogen) atoms. The molecule has 8 aromatic carbocycles. The summed E-state index contributed by atoms with van der Waals surface area (Å²) in [4.78, 5) is 48.5. The highest BCUT2D eigenvalue weighted by Crippen LogP contribution is 2.42. The number of benzene rings is 8. The van der Waals surface area contributed by atoms with E-state index in [9.17, 15) is 101 Å². The molecule has 442 valence electrons. The molecule has 0 aliphatic heterocycles. The third-order valence-corrected chi connectivity index (χ3v) is 12.9. The molecule has 12 aromatic rings. The van der Waals surface area contributed by atoms with Crippen molar-refractivity contribution in [3.05, 3.63) is 180 Å². The first kappa shape index (κ1) is 58.8. The number of hydrogen-bond acceptors (Lipinski definition) is 25. The predicted molar refractivity (Wildman–Crippen MR) is 310 cm³/mol. The Balaban J connectivity index is 0.000000138. The number of methoxy groups -OCH3 is 1. The van der Waals surface area contributed by atoms with Gasteiger partial charge in [-0.1, -0.05) is 12.1 Å². The highest BCUT2D eigenvalue weighted by atomic mass is 16.5. The summed E-state index contributed by atoms with van der Waals surface area (Å²) in [6.07, 6.45) is 0. The second-order valence-corrected chi connectivity index (χ2v) is 18.8. The molecule has 0 amide bonds. The standard InChI is InChI=1S/C16H12O7.C16H12O6.2C15H10O6/c1-22-11-4-7(2-3-9(11)18)16-15(21)14(20)13-10(19)5-8(17)6-12(13)23-16;1-7-2-3-8(4-10(7)18)16-15(21)14(20)13-11(19)5-9(17)6-12(13)22-16;16-8-2-4-12-9(6-8)13(19)14(20)15(21-12)7-1-3-10(17)11(18)5-7;16-8-1-2-13-9(5-8)10(17)6-14(21-13)7-3-11(18)15(20)12(19)4-7/h2-6,17-19,21H,1H3;2-6,17-19,21H,1H3;1-6,16-18,20H;1-6,16,18-20H. The fourth-order valence-electron chi connectivity index (χ4n) is 8.58. The maximum absolute atomic E-state index is 12.2.